The third-order valence-corrected chi connectivity index (χ3v) is 5.45. The minimum Gasteiger partial charge on any atom is -0.490 e. The van der Waals surface area contributed by atoms with Crippen LogP contribution in [0, 0.1) is 0 Å². The molecule has 0 amide bonds. The molecule has 2 aromatic carbocycles. The number of nitrogens with zero attached hydrogens (tertiary/aromatic N) is 3. The molecule has 1 heterocycles. The van der Waals surface area contributed by atoms with Crippen LogP contribution in [0.2, 0.25) is 5.02 Å². The zero-order valence-corrected chi connectivity index (χ0v) is 20.9. The number of benzene rings is 2. The molecule has 0 saturated heterocycles. The van der Waals surface area contributed by atoms with Crippen molar-refractivity contribution in [2.24, 2.45) is 5.10 Å². The van der Waals surface area contributed by atoms with Crippen LogP contribution in [-0.2, 0) is 16.0 Å². The second kappa shape index (κ2) is 10.8. The highest BCUT2D eigenvalue weighted by molar-refractivity contribution is 9.10. The number of esters is 1. The van der Waals surface area contributed by atoms with E-state index in [4.69, 9.17) is 25.8 Å². The molecule has 3 rings (SSSR count). The molecule has 0 bridgehead atoms. The maximum absolute atomic E-state index is 13.1. The highest BCUT2D eigenvalue weighted by Crippen LogP contribution is 2.37. The van der Waals surface area contributed by atoms with Crippen LogP contribution < -0.4 is 15.0 Å². The summed E-state index contributed by atoms with van der Waals surface area (Å²) in [6.45, 7) is 5.62. The Morgan fingerprint density at radius 3 is 2.73 bits per heavy atom. The normalized spacial score (nSPS) is 12.2. The molecule has 0 N–H and O–H groups in total. The van der Waals surface area contributed by atoms with Crippen LogP contribution in [0.5, 0.6) is 11.5 Å². The molecule has 0 spiro atoms. The predicted octanol–water partition coefficient (Wildman–Crippen LogP) is 4.60. The lowest BCUT2D eigenvalue weighted by Crippen LogP contribution is -2.25. The molecule has 0 aliphatic carbocycles. The summed E-state index contributed by atoms with van der Waals surface area (Å²) in [6, 6.07) is 8.61. The number of fused-ring (bicyclic) bond motifs is 1. The molecule has 33 heavy (non-hydrogen) atoms. The zero-order valence-electron chi connectivity index (χ0n) is 18.6. The number of halogens is 2. The van der Waals surface area contributed by atoms with Gasteiger partial charge in [-0.05, 0) is 49.7 Å². The molecular formula is C23H23BrClN3O5. The van der Waals surface area contributed by atoms with Gasteiger partial charge in [-0.25, -0.2) is 9.78 Å². The summed E-state index contributed by atoms with van der Waals surface area (Å²) in [5, 5.41) is 5.05. The van der Waals surface area contributed by atoms with E-state index in [2.05, 4.69) is 26.0 Å². The Kier molecular flexibility index (Phi) is 8.10. The van der Waals surface area contributed by atoms with Crippen LogP contribution in [0.1, 0.15) is 32.2 Å². The first kappa shape index (κ1) is 24.7. The summed E-state index contributed by atoms with van der Waals surface area (Å²) in [4.78, 5) is 29.4. The van der Waals surface area contributed by atoms with E-state index in [0.29, 0.717) is 41.1 Å². The summed E-state index contributed by atoms with van der Waals surface area (Å²) in [7, 11) is 1.28. The van der Waals surface area contributed by atoms with Gasteiger partial charge in [0.25, 0.3) is 5.56 Å². The van der Waals surface area contributed by atoms with Crippen molar-refractivity contribution in [3.63, 3.8) is 0 Å². The quantitative estimate of drug-likeness (QED) is 0.309. The van der Waals surface area contributed by atoms with Gasteiger partial charge in [0.05, 0.1) is 35.9 Å². The minimum atomic E-state index is -0.875. The molecule has 1 atom stereocenters. The van der Waals surface area contributed by atoms with E-state index < -0.39 is 12.1 Å². The van der Waals surface area contributed by atoms with Gasteiger partial charge in [-0.2, -0.15) is 9.78 Å². The van der Waals surface area contributed by atoms with E-state index in [-0.39, 0.29) is 16.3 Å². The van der Waals surface area contributed by atoms with Gasteiger partial charge in [-0.15, -0.1) is 0 Å². The van der Waals surface area contributed by atoms with Gasteiger partial charge in [0.2, 0.25) is 0 Å². The highest BCUT2D eigenvalue weighted by atomic mass is 79.9. The van der Waals surface area contributed by atoms with Gasteiger partial charge in [0.1, 0.15) is 5.82 Å². The fraction of sp³-hybridized carbons (Fsp3) is 0.304. The van der Waals surface area contributed by atoms with Crippen molar-refractivity contribution in [2.75, 3.05) is 13.7 Å². The van der Waals surface area contributed by atoms with Crippen LogP contribution >= 0.6 is 27.5 Å². The fourth-order valence-corrected chi connectivity index (χ4v) is 3.72. The lowest BCUT2D eigenvalue weighted by molar-refractivity contribution is -0.147. The molecule has 10 heteroatoms. The number of carbonyl (C=O) groups excluding carboxylic acids is 1. The van der Waals surface area contributed by atoms with E-state index in [1.165, 1.54) is 18.0 Å². The molecule has 3 aromatic rings. The smallest absolute Gasteiger partial charge is 0.346 e. The van der Waals surface area contributed by atoms with Crippen LogP contribution in [0.15, 0.2) is 44.7 Å². The molecule has 0 aliphatic rings. The molecule has 174 valence electrons. The van der Waals surface area contributed by atoms with Gasteiger partial charge in [-0.3, -0.25) is 4.79 Å². The lowest BCUT2D eigenvalue weighted by atomic mass is 10.2. The Labute approximate surface area is 204 Å². The van der Waals surface area contributed by atoms with Gasteiger partial charge < -0.3 is 14.2 Å². The number of hydrogen-bond acceptors (Lipinski definition) is 7. The van der Waals surface area contributed by atoms with Gasteiger partial charge in [0.15, 0.2) is 17.6 Å². The number of hydrogen-bond donors (Lipinski definition) is 0. The maximum atomic E-state index is 13.1. The Bertz CT molecular complexity index is 1280. The largest absolute Gasteiger partial charge is 0.490 e. The number of aryl methyl sites for hydroxylation is 1. The topological polar surface area (TPSA) is 92.0 Å². The van der Waals surface area contributed by atoms with Crippen molar-refractivity contribution in [2.45, 2.75) is 33.3 Å². The minimum absolute atomic E-state index is 0.220. The standard InChI is InChI=1S/C23H23BrClN3O5/c1-5-20-27-18-8-7-15(24)11-16(18)22(29)28(20)26-12-14-9-17(25)21(19(10-14)32-6-2)33-13(3)23(30)31-4/h7-13H,5-6H2,1-4H3/t13-/m0/s1. The first-order chi connectivity index (χ1) is 15.8. The van der Waals surface area contributed by atoms with E-state index in [0.717, 1.165) is 4.47 Å². The Morgan fingerprint density at radius 2 is 2.06 bits per heavy atom. The predicted molar refractivity (Wildman–Crippen MR) is 131 cm³/mol. The molecule has 0 fully saturated rings. The maximum Gasteiger partial charge on any atom is 0.346 e. The van der Waals surface area contributed by atoms with E-state index in [9.17, 15) is 9.59 Å². The molecule has 1 aromatic heterocycles. The Balaban J connectivity index is 2.03. The lowest BCUT2D eigenvalue weighted by Gasteiger charge is -2.17. The summed E-state index contributed by atoms with van der Waals surface area (Å²) >= 11 is 9.81. The highest BCUT2D eigenvalue weighted by Gasteiger charge is 2.20. The van der Waals surface area contributed by atoms with Gasteiger partial charge in [0, 0.05) is 10.9 Å². The van der Waals surface area contributed by atoms with Gasteiger partial charge in [-0.1, -0.05) is 34.5 Å². The molecule has 0 radical (unpaired) electrons. The molecular weight excluding hydrogens is 514 g/mol. The number of methoxy groups -OCH3 is 1. The summed E-state index contributed by atoms with van der Waals surface area (Å²) in [5.41, 5.74) is 0.900. The number of ether oxygens (including phenoxy) is 3. The number of carbonyl (C=O) groups is 1. The summed E-state index contributed by atoms with van der Waals surface area (Å²) < 4.78 is 18.1. The van der Waals surface area contributed by atoms with Crippen LogP contribution in [-0.4, -0.2) is 41.7 Å². The molecule has 0 aliphatic heterocycles. The van der Waals surface area contributed by atoms with Crippen molar-refractivity contribution < 1.29 is 19.0 Å². The van der Waals surface area contributed by atoms with Crippen molar-refractivity contribution >= 4 is 50.6 Å². The molecule has 0 unspecified atom stereocenters. The van der Waals surface area contributed by atoms with Crippen LogP contribution in [0.3, 0.4) is 0 Å². The number of aromatic nitrogens is 2. The Morgan fingerprint density at radius 1 is 1.30 bits per heavy atom. The van der Waals surface area contributed by atoms with E-state index in [1.807, 2.05) is 19.9 Å². The van der Waals surface area contributed by atoms with Crippen LogP contribution in [0.4, 0.5) is 0 Å². The first-order valence-electron chi connectivity index (χ1n) is 10.2. The van der Waals surface area contributed by atoms with E-state index >= 15 is 0 Å². The van der Waals surface area contributed by atoms with Crippen LogP contribution in [0.25, 0.3) is 10.9 Å². The average Bonchev–Trinajstić information content (AvgIpc) is 2.80. The zero-order chi connectivity index (χ0) is 24.1. The first-order valence-corrected chi connectivity index (χ1v) is 11.4. The third kappa shape index (κ3) is 5.54. The molecule has 8 nitrogen and oxygen atoms in total. The summed E-state index contributed by atoms with van der Waals surface area (Å²) in [5.74, 6) is 0.540. The van der Waals surface area contributed by atoms with Crippen molar-refractivity contribution in [1.82, 2.24) is 9.66 Å². The third-order valence-electron chi connectivity index (χ3n) is 4.67. The average molecular weight is 537 g/mol. The summed E-state index contributed by atoms with van der Waals surface area (Å²) in [6.07, 6.45) is 1.13. The second-order valence-electron chi connectivity index (χ2n) is 6.95. The molecule has 0 saturated carbocycles. The fourth-order valence-electron chi connectivity index (χ4n) is 3.10. The number of rotatable bonds is 8. The van der Waals surface area contributed by atoms with Crippen molar-refractivity contribution in [1.29, 1.82) is 0 Å². The SMILES string of the molecule is CCOc1cc(C=Nn2c(CC)nc3ccc(Br)cc3c2=O)cc(Cl)c1O[C@@H](C)C(=O)OC. The van der Waals surface area contributed by atoms with E-state index in [1.54, 1.807) is 31.2 Å². The second-order valence-corrected chi connectivity index (χ2v) is 8.27. The van der Waals surface area contributed by atoms with Crippen molar-refractivity contribution in [3.8, 4) is 11.5 Å². The monoisotopic (exact) mass is 535 g/mol. The van der Waals surface area contributed by atoms with Crippen molar-refractivity contribution in [3.05, 3.63) is 61.6 Å². The van der Waals surface area contributed by atoms with Gasteiger partial charge >= 0.3 is 5.97 Å². The Hall–Kier alpha value is -2.91.